The van der Waals surface area contributed by atoms with Gasteiger partial charge in [0, 0.05) is 5.56 Å². The molecular formula is C11H7ClN2O2S. The molecule has 0 unspecified atom stereocenters. The lowest BCUT2D eigenvalue weighted by Gasteiger charge is -1.94. The number of halogens is 1. The molecule has 0 spiro atoms. The molecule has 4 nitrogen and oxygen atoms in total. The summed E-state index contributed by atoms with van der Waals surface area (Å²) < 4.78 is 5.68. The summed E-state index contributed by atoms with van der Waals surface area (Å²) in [5.41, 5.74) is 2.90. The van der Waals surface area contributed by atoms with Crippen LogP contribution in [0.25, 0.3) is 21.7 Å². The number of aromatic nitrogens is 2. The molecule has 3 rings (SSSR count). The van der Waals surface area contributed by atoms with Crippen LogP contribution in [0, 0.1) is 6.92 Å². The first-order chi connectivity index (χ1) is 8.13. The van der Waals surface area contributed by atoms with Gasteiger partial charge in [0.1, 0.15) is 9.34 Å². The van der Waals surface area contributed by atoms with Crippen molar-refractivity contribution >= 4 is 34.0 Å². The molecule has 0 radical (unpaired) electrons. The number of nitrogens with one attached hydrogen (secondary N) is 1. The lowest BCUT2D eigenvalue weighted by Crippen LogP contribution is -1.92. The minimum Gasteiger partial charge on any atom is -0.408 e. The average Bonchev–Trinajstić information content (AvgIpc) is 2.80. The van der Waals surface area contributed by atoms with E-state index in [0.29, 0.717) is 15.4 Å². The van der Waals surface area contributed by atoms with Gasteiger partial charge in [-0.15, -0.1) is 11.3 Å². The average molecular weight is 267 g/mol. The summed E-state index contributed by atoms with van der Waals surface area (Å²) in [6.45, 7) is 1.86. The summed E-state index contributed by atoms with van der Waals surface area (Å²) in [5, 5.41) is 0.818. The van der Waals surface area contributed by atoms with E-state index >= 15 is 0 Å². The molecule has 0 atom stereocenters. The van der Waals surface area contributed by atoms with Crippen LogP contribution in [0.2, 0.25) is 4.34 Å². The zero-order chi connectivity index (χ0) is 12.0. The zero-order valence-corrected chi connectivity index (χ0v) is 10.4. The number of benzene rings is 1. The first kappa shape index (κ1) is 10.6. The van der Waals surface area contributed by atoms with Crippen LogP contribution in [0.1, 0.15) is 5.69 Å². The van der Waals surface area contributed by atoms with Gasteiger partial charge in [-0.2, -0.15) is 0 Å². The smallest absolute Gasteiger partial charge is 0.408 e. The Morgan fingerprint density at radius 3 is 3.00 bits per heavy atom. The molecule has 6 heteroatoms. The molecule has 0 bridgehead atoms. The summed E-state index contributed by atoms with van der Waals surface area (Å²) in [5.74, 6) is -0.453. The highest BCUT2D eigenvalue weighted by molar-refractivity contribution is 7.19. The third-order valence-electron chi connectivity index (χ3n) is 2.41. The van der Waals surface area contributed by atoms with Crippen molar-refractivity contribution in [3.8, 4) is 10.6 Å². The van der Waals surface area contributed by atoms with E-state index < -0.39 is 5.76 Å². The number of thiazole rings is 1. The third-order valence-corrected chi connectivity index (χ3v) is 3.91. The fraction of sp³-hybridized carbons (Fsp3) is 0.0909. The second kappa shape index (κ2) is 3.72. The predicted octanol–water partition coefficient (Wildman–Crippen LogP) is 3.21. The summed E-state index contributed by atoms with van der Waals surface area (Å²) in [6, 6.07) is 5.45. The van der Waals surface area contributed by atoms with Crippen molar-refractivity contribution < 1.29 is 4.42 Å². The number of hydrogen-bond acceptors (Lipinski definition) is 4. The van der Waals surface area contributed by atoms with Crippen molar-refractivity contribution in [1.82, 2.24) is 9.97 Å². The number of hydrogen-bond donors (Lipinski definition) is 1. The van der Waals surface area contributed by atoms with Gasteiger partial charge in [-0.05, 0) is 25.1 Å². The quantitative estimate of drug-likeness (QED) is 0.736. The predicted molar refractivity (Wildman–Crippen MR) is 67.7 cm³/mol. The molecule has 0 aliphatic rings. The Kier molecular flexibility index (Phi) is 2.31. The lowest BCUT2D eigenvalue weighted by molar-refractivity contribution is 0.555. The van der Waals surface area contributed by atoms with E-state index in [-0.39, 0.29) is 0 Å². The van der Waals surface area contributed by atoms with Crippen LogP contribution in [-0.4, -0.2) is 9.97 Å². The second-order valence-electron chi connectivity index (χ2n) is 3.60. The van der Waals surface area contributed by atoms with Gasteiger partial charge in [0.05, 0.1) is 11.2 Å². The van der Waals surface area contributed by atoms with Gasteiger partial charge in [-0.1, -0.05) is 11.6 Å². The first-order valence-electron chi connectivity index (χ1n) is 4.89. The first-order valence-corrected chi connectivity index (χ1v) is 6.09. The minimum atomic E-state index is -0.453. The van der Waals surface area contributed by atoms with Gasteiger partial charge in [-0.25, -0.2) is 9.78 Å². The van der Waals surface area contributed by atoms with E-state index in [1.54, 1.807) is 12.1 Å². The number of aromatic amines is 1. The van der Waals surface area contributed by atoms with Gasteiger partial charge in [0.15, 0.2) is 5.58 Å². The molecule has 0 aliphatic heterocycles. The molecule has 0 saturated heterocycles. The zero-order valence-electron chi connectivity index (χ0n) is 8.78. The summed E-state index contributed by atoms with van der Waals surface area (Å²) >= 11 is 7.39. The van der Waals surface area contributed by atoms with Crippen molar-refractivity contribution in [3.05, 3.63) is 38.8 Å². The van der Waals surface area contributed by atoms with Crippen LogP contribution in [0.3, 0.4) is 0 Å². The molecule has 1 aromatic carbocycles. The van der Waals surface area contributed by atoms with Gasteiger partial charge >= 0.3 is 5.76 Å². The Morgan fingerprint density at radius 1 is 1.47 bits per heavy atom. The highest BCUT2D eigenvalue weighted by atomic mass is 35.5. The Labute approximate surface area is 105 Å². The molecule has 2 aromatic heterocycles. The molecule has 0 aliphatic carbocycles. The van der Waals surface area contributed by atoms with Gasteiger partial charge in [-0.3, -0.25) is 4.98 Å². The van der Waals surface area contributed by atoms with E-state index in [1.165, 1.54) is 11.3 Å². The highest BCUT2D eigenvalue weighted by Gasteiger charge is 2.09. The molecule has 3 aromatic rings. The summed E-state index contributed by atoms with van der Waals surface area (Å²) in [7, 11) is 0. The third kappa shape index (κ3) is 1.77. The Hall–Kier alpha value is -1.59. The molecular weight excluding hydrogens is 260 g/mol. The number of H-pyrrole nitrogens is 1. The van der Waals surface area contributed by atoms with Crippen molar-refractivity contribution in [1.29, 1.82) is 0 Å². The van der Waals surface area contributed by atoms with Crippen LogP contribution < -0.4 is 5.76 Å². The van der Waals surface area contributed by atoms with E-state index in [2.05, 4.69) is 9.97 Å². The fourth-order valence-electron chi connectivity index (χ4n) is 1.58. The number of fused-ring (bicyclic) bond motifs is 1. The van der Waals surface area contributed by atoms with Crippen LogP contribution in [0.5, 0.6) is 0 Å². The van der Waals surface area contributed by atoms with Crippen molar-refractivity contribution in [2.45, 2.75) is 6.92 Å². The molecule has 0 amide bonds. The number of rotatable bonds is 1. The standard InChI is InChI=1S/C11H7ClN2O2S/c1-5-9(12)17-10(13-5)6-2-3-7-8(4-6)16-11(15)14-7/h2-4H,1H3,(H,14,15). The van der Waals surface area contributed by atoms with Gasteiger partial charge in [0.2, 0.25) is 0 Å². The van der Waals surface area contributed by atoms with E-state index in [9.17, 15) is 4.79 Å². The Balaban J connectivity index is 2.20. The van der Waals surface area contributed by atoms with Gasteiger partial charge in [0.25, 0.3) is 0 Å². The summed E-state index contributed by atoms with van der Waals surface area (Å²) in [4.78, 5) is 18.0. The van der Waals surface area contributed by atoms with Crippen molar-refractivity contribution in [2.75, 3.05) is 0 Å². The number of aryl methyl sites for hydroxylation is 1. The normalized spacial score (nSPS) is 11.2. The van der Waals surface area contributed by atoms with E-state index in [4.69, 9.17) is 16.0 Å². The maximum atomic E-state index is 11.0. The molecule has 17 heavy (non-hydrogen) atoms. The minimum absolute atomic E-state index is 0.453. The number of oxazole rings is 1. The van der Waals surface area contributed by atoms with Crippen LogP contribution in [0.4, 0.5) is 0 Å². The Morgan fingerprint density at radius 2 is 2.29 bits per heavy atom. The second-order valence-corrected chi connectivity index (χ2v) is 5.20. The lowest BCUT2D eigenvalue weighted by atomic mass is 10.2. The Bertz CT molecular complexity index is 737. The summed E-state index contributed by atoms with van der Waals surface area (Å²) in [6.07, 6.45) is 0. The van der Waals surface area contributed by atoms with Crippen molar-refractivity contribution in [3.63, 3.8) is 0 Å². The molecule has 1 N–H and O–H groups in total. The molecule has 0 saturated carbocycles. The van der Waals surface area contributed by atoms with Crippen LogP contribution in [0.15, 0.2) is 27.4 Å². The van der Waals surface area contributed by atoms with Crippen molar-refractivity contribution in [2.24, 2.45) is 0 Å². The monoisotopic (exact) mass is 266 g/mol. The number of nitrogens with zero attached hydrogens (tertiary/aromatic N) is 1. The van der Waals surface area contributed by atoms with Crippen LogP contribution >= 0.6 is 22.9 Å². The fourth-order valence-corrected chi connectivity index (χ4v) is 2.63. The highest BCUT2D eigenvalue weighted by Crippen LogP contribution is 2.32. The SMILES string of the molecule is Cc1nc(-c2ccc3[nH]c(=O)oc3c2)sc1Cl. The maximum Gasteiger partial charge on any atom is 0.417 e. The largest absolute Gasteiger partial charge is 0.417 e. The topological polar surface area (TPSA) is 58.9 Å². The van der Waals surface area contributed by atoms with Crippen LogP contribution in [-0.2, 0) is 0 Å². The van der Waals surface area contributed by atoms with Gasteiger partial charge < -0.3 is 4.42 Å². The molecule has 0 fully saturated rings. The van der Waals surface area contributed by atoms with E-state index in [0.717, 1.165) is 16.3 Å². The molecule has 2 heterocycles. The van der Waals surface area contributed by atoms with E-state index in [1.807, 2.05) is 13.0 Å². The molecule has 86 valence electrons. The maximum absolute atomic E-state index is 11.0.